The van der Waals surface area contributed by atoms with Crippen LogP contribution in [0, 0.1) is 17.0 Å². The smallest absolute Gasteiger partial charge is 0.433 e. The molecule has 0 bridgehead atoms. The van der Waals surface area contributed by atoms with Crippen LogP contribution in [0.1, 0.15) is 18.2 Å². The molecule has 1 heterocycles. The lowest BCUT2D eigenvalue weighted by Crippen LogP contribution is -2.29. The molecule has 0 aliphatic heterocycles. The van der Waals surface area contributed by atoms with Crippen molar-refractivity contribution in [2.45, 2.75) is 20.0 Å². The molecule has 9 nitrogen and oxygen atoms in total. The van der Waals surface area contributed by atoms with Crippen molar-refractivity contribution in [3.05, 3.63) is 56.8 Å². The summed E-state index contributed by atoms with van der Waals surface area (Å²) in [5, 5.41) is 13.6. The third-order valence-corrected chi connectivity index (χ3v) is 3.98. The normalized spacial score (nSPS) is 11.9. The Kier molecular flexibility index (Phi) is 6.78. The number of rotatable bonds is 7. The van der Waals surface area contributed by atoms with Crippen LogP contribution in [0.15, 0.2) is 34.8 Å². The topological polar surface area (TPSA) is 121 Å². The molecule has 0 saturated carbocycles. The van der Waals surface area contributed by atoms with E-state index in [0.29, 0.717) is 16.5 Å². The molecule has 1 atom stereocenters. The van der Waals surface area contributed by atoms with Gasteiger partial charge in [-0.2, -0.15) is 0 Å². The van der Waals surface area contributed by atoms with E-state index in [2.05, 4.69) is 5.32 Å². The number of ether oxygens (including phenoxy) is 2. The SMILES string of the molecule is COc1cc(Cl)c(C)cc1NC(=O)[C@@H](C)OC(=O)/C=C/c1ccc([N+](=O)[O-])o1. The van der Waals surface area contributed by atoms with Crippen molar-refractivity contribution >= 4 is 41.1 Å². The van der Waals surface area contributed by atoms with Crippen molar-refractivity contribution in [1.82, 2.24) is 0 Å². The highest BCUT2D eigenvalue weighted by Gasteiger charge is 2.19. The zero-order chi connectivity index (χ0) is 20.8. The zero-order valence-electron chi connectivity index (χ0n) is 15.2. The fourth-order valence-corrected chi connectivity index (χ4v) is 2.26. The summed E-state index contributed by atoms with van der Waals surface area (Å²) in [6.07, 6.45) is 1.09. The summed E-state index contributed by atoms with van der Waals surface area (Å²) >= 11 is 6.02. The Labute approximate surface area is 165 Å². The number of methoxy groups -OCH3 is 1. The number of carbonyl (C=O) groups excluding carboxylic acids is 2. The molecule has 0 spiro atoms. The van der Waals surface area contributed by atoms with Gasteiger partial charge in [-0.1, -0.05) is 11.6 Å². The molecular weight excluding hydrogens is 392 g/mol. The van der Waals surface area contributed by atoms with E-state index in [0.717, 1.165) is 17.7 Å². The molecule has 1 aromatic heterocycles. The van der Waals surface area contributed by atoms with Gasteiger partial charge in [0.15, 0.2) is 6.10 Å². The summed E-state index contributed by atoms with van der Waals surface area (Å²) in [5.74, 6) is -1.38. The van der Waals surface area contributed by atoms with Gasteiger partial charge in [-0.05, 0) is 37.6 Å². The molecule has 10 heteroatoms. The maximum Gasteiger partial charge on any atom is 0.433 e. The van der Waals surface area contributed by atoms with Gasteiger partial charge in [-0.3, -0.25) is 14.9 Å². The molecule has 2 rings (SSSR count). The summed E-state index contributed by atoms with van der Waals surface area (Å²) in [4.78, 5) is 34.0. The van der Waals surface area contributed by atoms with Crippen LogP contribution in [-0.2, 0) is 14.3 Å². The Morgan fingerprint density at radius 1 is 1.36 bits per heavy atom. The first-order valence-electron chi connectivity index (χ1n) is 7.99. The maximum atomic E-state index is 12.3. The lowest BCUT2D eigenvalue weighted by atomic mass is 10.2. The lowest BCUT2D eigenvalue weighted by molar-refractivity contribution is -0.402. The molecule has 1 aromatic carbocycles. The van der Waals surface area contributed by atoms with Gasteiger partial charge in [-0.15, -0.1) is 0 Å². The number of nitrogens with one attached hydrogen (secondary N) is 1. The van der Waals surface area contributed by atoms with E-state index in [1.54, 1.807) is 19.1 Å². The molecular formula is C18H17ClN2O7. The molecule has 1 amide bonds. The van der Waals surface area contributed by atoms with Crippen molar-refractivity contribution < 1.29 is 28.4 Å². The second kappa shape index (κ2) is 9.05. The molecule has 0 saturated heterocycles. The van der Waals surface area contributed by atoms with Gasteiger partial charge < -0.3 is 19.2 Å². The average molecular weight is 409 g/mol. The molecule has 0 radical (unpaired) electrons. The molecule has 1 N–H and O–H groups in total. The Hall–Kier alpha value is -3.33. The van der Waals surface area contributed by atoms with Crippen LogP contribution >= 0.6 is 11.6 Å². The standard InChI is InChI=1S/C18H17ClN2O7/c1-10-8-14(15(26-3)9-13(10)19)20-18(23)11(2)27-17(22)7-5-12-4-6-16(28-12)21(24)25/h4-9,11H,1-3H3,(H,20,23)/b7-5+/t11-/m1/s1. The molecule has 0 fully saturated rings. The van der Waals surface area contributed by atoms with Gasteiger partial charge >= 0.3 is 11.9 Å². The van der Waals surface area contributed by atoms with E-state index in [-0.39, 0.29) is 5.76 Å². The van der Waals surface area contributed by atoms with Crippen molar-refractivity contribution in [1.29, 1.82) is 0 Å². The van der Waals surface area contributed by atoms with Crippen LogP contribution in [0.4, 0.5) is 11.6 Å². The minimum absolute atomic E-state index is 0.0992. The third-order valence-electron chi connectivity index (χ3n) is 3.58. The predicted octanol–water partition coefficient (Wildman–Crippen LogP) is 3.74. The van der Waals surface area contributed by atoms with E-state index >= 15 is 0 Å². The summed E-state index contributed by atoms with van der Waals surface area (Å²) < 4.78 is 15.1. The van der Waals surface area contributed by atoms with Gasteiger partial charge in [-0.25, -0.2) is 4.79 Å². The largest absolute Gasteiger partial charge is 0.495 e. The minimum atomic E-state index is -1.11. The highest BCUT2D eigenvalue weighted by molar-refractivity contribution is 6.31. The molecule has 148 valence electrons. The zero-order valence-corrected chi connectivity index (χ0v) is 16.0. The van der Waals surface area contributed by atoms with Crippen molar-refractivity contribution in [2.75, 3.05) is 12.4 Å². The number of halogens is 1. The number of hydrogen-bond acceptors (Lipinski definition) is 7. The Morgan fingerprint density at radius 3 is 2.68 bits per heavy atom. The van der Waals surface area contributed by atoms with Crippen molar-refractivity contribution in [2.24, 2.45) is 0 Å². The fraction of sp³-hybridized carbons (Fsp3) is 0.222. The first-order chi connectivity index (χ1) is 13.2. The van der Waals surface area contributed by atoms with Gasteiger partial charge in [0.25, 0.3) is 5.91 Å². The average Bonchev–Trinajstić information content (AvgIpc) is 3.12. The number of esters is 1. The van der Waals surface area contributed by atoms with Gasteiger partial charge in [0.05, 0.1) is 18.9 Å². The van der Waals surface area contributed by atoms with E-state index in [1.807, 2.05) is 0 Å². The molecule has 2 aromatic rings. The van der Waals surface area contributed by atoms with E-state index in [1.165, 1.54) is 26.2 Å². The number of carbonyl (C=O) groups is 2. The Morgan fingerprint density at radius 2 is 2.07 bits per heavy atom. The van der Waals surface area contributed by atoms with Crippen LogP contribution in [0.2, 0.25) is 5.02 Å². The predicted molar refractivity (Wildman–Crippen MR) is 101 cm³/mol. The quantitative estimate of drug-likeness (QED) is 0.320. The monoisotopic (exact) mass is 408 g/mol. The molecule has 0 aliphatic carbocycles. The number of furan rings is 1. The summed E-state index contributed by atoms with van der Waals surface area (Å²) in [6.45, 7) is 3.17. The van der Waals surface area contributed by atoms with Crippen molar-refractivity contribution in [3.8, 4) is 5.75 Å². The van der Waals surface area contributed by atoms with E-state index in [9.17, 15) is 19.7 Å². The second-order valence-electron chi connectivity index (χ2n) is 5.64. The van der Waals surface area contributed by atoms with E-state index < -0.39 is 28.8 Å². The van der Waals surface area contributed by atoms with Crippen LogP contribution in [0.5, 0.6) is 5.75 Å². The van der Waals surface area contributed by atoms with Crippen LogP contribution in [0.3, 0.4) is 0 Å². The molecule has 28 heavy (non-hydrogen) atoms. The fourth-order valence-electron chi connectivity index (χ4n) is 2.11. The van der Waals surface area contributed by atoms with Crippen molar-refractivity contribution in [3.63, 3.8) is 0 Å². The summed E-state index contributed by atoms with van der Waals surface area (Å²) in [5.41, 5.74) is 1.12. The molecule has 0 aliphatic rings. The van der Waals surface area contributed by atoms with Crippen LogP contribution in [0.25, 0.3) is 6.08 Å². The van der Waals surface area contributed by atoms with Crippen LogP contribution < -0.4 is 10.1 Å². The number of nitrogens with zero attached hydrogens (tertiary/aromatic N) is 1. The van der Waals surface area contributed by atoms with Gasteiger partial charge in [0.2, 0.25) is 0 Å². The number of nitro groups is 1. The minimum Gasteiger partial charge on any atom is -0.495 e. The number of amides is 1. The highest BCUT2D eigenvalue weighted by Crippen LogP contribution is 2.31. The molecule has 0 unspecified atom stereocenters. The highest BCUT2D eigenvalue weighted by atomic mass is 35.5. The maximum absolute atomic E-state index is 12.3. The summed E-state index contributed by atoms with van der Waals surface area (Å²) in [6, 6.07) is 5.68. The number of benzene rings is 1. The number of anilines is 1. The first kappa shape index (κ1) is 21.0. The lowest BCUT2D eigenvalue weighted by Gasteiger charge is -2.15. The number of aryl methyl sites for hydroxylation is 1. The van der Waals surface area contributed by atoms with Gasteiger partial charge in [0, 0.05) is 17.2 Å². The first-order valence-corrected chi connectivity index (χ1v) is 8.37. The van der Waals surface area contributed by atoms with E-state index in [4.69, 9.17) is 25.5 Å². The summed E-state index contributed by atoms with van der Waals surface area (Å²) in [7, 11) is 1.43. The number of hydrogen-bond donors (Lipinski definition) is 1. The second-order valence-corrected chi connectivity index (χ2v) is 6.04. The van der Waals surface area contributed by atoms with Crippen LogP contribution in [-0.4, -0.2) is 30.0 Å². The Balaban J connectivity index is 1.98. The van der Waals surface area contributed by atoms with Gasteiger partial charge in [0.1, 0.15) is 16.4 Å². The third kappa shape index (κ3) is 5.34. The Bertz CT molecular complexity index is 936.